The zero-order valence-corrected chi connectivity index (χ0v) is 14.6. The van der Waals surface area contributed by atoms with Crippen LogP contribution in [0.2, 0.25) is 0 Å². The third-order valence-electron chi connectivity index (χ3n) is 4.13. The molecule has 0 aliphatic carbocycles. The number of nitrogens with two attached hydrogens (primary N) is 1. The molecule has 0 aromatic heterocycles. The van der Waals surface area contributed by atoms with Crippen molar-refractivity contribution in [3.05, 3.63) is 59.7 Å². The zero-order valence-electron chi connectivity index (χ0n) is 14.6. The van der Waals surface area contributed by atoms with Gasteiger partial charge in [0.25, 0.3) is 0 Å². The van der Waals surface area contributed by atoms with Crippen molar-refractivity contribution >= 4 is 11.6 Å². The van der Waals surface area contributed by atoms with Crippen molar-refractivity contribution < 1.29 is 9.53 Å². The van der Waals surface area contributed by atoms with Gasteiger partial charge in [-0.15, -0.1) is 0 Å². The summed E-state index contributed by atoms with van der Waals surface area (Å²) in [5.74, 6) is 1.14. The maximum Gasteiger partial charge on any atom is 0.220 e. The Labute approximate surface area is 144 Å². The summed E-state index contributed by atoms with van der Waals surface area (Å²) < 4.78 is 5.19. The van der Waals surface area contributed by atoms with E-state index in [2.05, 4.69) is 19.2 Å². The minimum atomic E-state index is -0.0171. The van der Waals surface area contributed by atoms with Crippen LogP contribution in [0, 0.1) is 5.92 Å². The van der Waals surface area contributed by atoms with Crippen molar-refractivity contribution in [1.29, 1.82) is 0 Å². The molecule has 0 heterocycles. The van der Waals surface area contributed by atoms with E-state index in [9.17, 15) is 4.79 Å². The standard InChI is InChI=1S/C20H26N2O2/c1-14(2)20(16-8-11-17(24-3)12-9-16)22-19(23)13-10-15-6-4-5-7-18(15)21/h4-9,11-12,14,20H,10,13,21H2,1-3H3,(H,22,23). The molecule has 1 atom stereocenters. The largest absolute Gasteiger partial charge is 0.497 e. The van der Waals surface area contributed by atoms with Gasteiger partial charge in [-0.25, -0.2) is 0 Å². The molecule has 3 N–H and O–H groups in total. The van der Waals surface area contributed by atoms with Gasteiger partial charge in [0.05, 0.1) is 13.2 Å². The molecule has 24 heavy (non-hydrogen) atoms. The first-order chi connectivity index (χ1) is 11.5. The first kappa shape index (κ1) is 17.9. The number of nitrogens with one attached hydrogen (secondary N) is 1. The lowest BCUT2D eigenvalue weighted by atomic mass is 9.95. The number of amides is 1. The molecule has 0 saturated heterocycles. The van der Waals surface area contributed by atoms with Crippen LogP contribution in [0.1, 0.15) is 37.4 Å². The highest BCUT2D eigenvalue weighted by molar-refractivity contribution is 5.77. The summed E-state index contributed by atoms with van der Waals surface area (Å²) in [5.41, 5.74) is 8.76. The van der Waals surface area contributed by atoms with Gasteiger partial charge in [-0.05, 0) is 41.7 Å². The van der Waals surface area contributed by atoms with E-state index >= 15 is 0 Å². The average Bonchev–Trinajstić information content (AvgIpc) is 2.59. The third-order valence-corrected chi connectivity index (χ3v) is 4.13. The molecule has 0 saturated carbocycles. The van der Waals surface area contributed by atoms with Gasteiger partial charge in [0.2, 0.25) is 5.91 Å². The van der Waals surface area contributed by atoms with Gasteiger partial charge in [0.1, 0.15) is 5.75 Å². The number of nitrogen functional groups attached to an aromatic ring is 1. The monoisotopic (exact) mass is 326 g/mol. The molecule has 2 rings (SSSR count). The minimum Gasteiger partial charge on any atom is -0.497 e. The van der Waals surface area contributed by atoms with Gasteiger partial charge in [-0.3, -0.25) is 4.79 Å². The molecule has 0 bridgehead atoms. The number of ether oxygens (including phenoxy) is 1. The molecule has 0 aliphatic rings. The Bertz CT molecular complexity index is 666. The SMILES string of the molecule is COc1ccc(C(NC(=O)CCc2ccccc2N)C(C)C)cc1. The fraction of sp³-hybridized carbons (Fsp3) is 0.350. The molecule has 2 aromatic carbocycles. The highest BCUT2D eigenvalue weighted by atomic mass is 16.5. The summed E-state index contributed by atoms with van der Waals surface area (Å²) in [6.45, 7) is 4.20. The summed E-state index contributed by atoms with van der Waals surface area (Å²) in [7, 11) is 1.64. The predicted molar refractivity (Wildman–Crippen MR) is 97.9 cm³/mol. The van der Waals surface area contributed by atoms with Crippen LogP contribution in [-0.4, -0.2) is 13.0 Å². The maximum absolute atomic E-state index is 12.4. The molecule has 2 aromatic rings. The van der Waals surface area contributed by atoms with Crippen molar-refractivity contribution in [2.45, 2.75) is 32.7 Å². The maximum atomic E-state index is 12.4. The molecule has 0 fully saturated rings. The van der Waals surface area contributed by atoms with Crippen molar-refractivity contribution in [3.63, 3.8) is 0 Å². The fourth-order valence-electron chi connectivity index (χ4n) is 2.70. The Morgan fingerprint density at radius 2 is 1.79 bits per heavy atom. The van der Waals surface area contributed by atoms with Crippen LogP contribution in [0.25, 0.3) is 0 Å². The summed E-state index contributed by atoms with van der Waals surface area (Å²) in [5, 5.41) is 3.14. The zero-order chi connectivity index (χ0) is 17.5. The Kier molecular flexibility index (Phi) is 6.24. The van der Waals surface area contributed by atoms with Gasteiger partial charge in [-0.1, -0.05) is 44.2 Å². The second kappa shape index (κ2) is 8.39. The Morgan fingerprint density at radius 1 is 1.12 bits per heavy atom. The molecule has 4 heteroatoms. The summed E-state index contributed by atoms with van der Waals surface area (Å²) in [6.07, 6.45) is 1.07. The van der Waals surface area contributed by atoms with E-state index in [1.54, 1.807) is 7.11 Å². The van der Waals surface area contributed by atoms with Crippen molar-refractivity contribution in [2.75, 3.05) is 12.8 Å². The quantitative estimate of drug-likeness (QED) is 0.762. The first-order valence-corrected chi connectivity index (χ1v) is 8.28. The number of aryl methyl sites for hydroxylation is 1. The van der Waals surface area contributed by atoms with E-state index < -0.39 is 0 Å². The van der Waals surface area contributed by atoms with Crippen LogP contribution < -0.4 is 15.8 Å². The first-order valence-electron chi connectivity index (χ1n) is 8.28. The van der Waals surface area contributed by atoms with E-state index in [0.29, 0.717) is 18.8 Å². The molecule has 1 unspecified atom stereocenters. The van der Waals surface area contributed by atoms with Gasteiger partial charge < -0.3 is 15.8 Å². The molecule has 0 spiro atoms. The molecular formula is C20H26N2O2. The number of para-hydroxylation sites is 1. The molecule has 128 valence electrons. The van der Waals surface area contributed by atoms with Crippen LogP contribution in [0.5, 0.6) is 5.75 Å². The molecule has 0 aliphatic heterocycles. The highest BCUT2D eigenvalue weighted by Crippen LogP contribution is 2.24. The van der Waals surface area contributed by atoms with Gasteiger partial charge >= 0.3 is 0 Å². The van der Waals surface area contributed by atoms with E-state index in [1.807, 2.05) is 48.5 Å². The Balaban J connectivity index is 1.99. The number of hydrogen-bond donors (Lipinski definition) is 2. The van der Waals surface area contributed by atoms with Gasteiger partial charge in [0.15, 0.2) is 0 Å². The average molecular weight is 326 g/mol. The lowest BCUT2D eigenvalue weighted by molar-refractivity contribution is -0.122. The predicted octanol–water partition coefficient (Wildman–Crippen LogP) is 3.72. The van der Waals surface area contributed by atoms with Crippen LogP contribution in [0.15, 0.2) is 48.5 Å². The van der Waals surface area contributed by atoms with E-state index in [-0.39, 0.29) is 11.9 Å². The second-order valence-electron chi connectivity index (χ2n) is 6.26. The number of hydrogen-bond acceptors (Lipinski definition) is 3. The number of carbonyl (C=O) groups excluding carboxylic acids is 1. The highest BCUT2D eigenvalue weighted by Gasteiger charge is 2.18. The fourth-order valence-corrected chi connectivity index (χ4v) is 2.70. The number of benzene rings is 2. The molecular weight excluding hydrogens is 300 g/mol. The van der Waals surface area contributed by atoms with Gasteiger partial charge in [0, 0.05) is 12.1 Å². The summed E-state index contributed by atoms with van der Waals surface area (Å²) in [6, 6.07) is 15.5. The Hall–Kier alpha value is -2.49. The number of rotatable bonds is 7. The van der Waals surface area contributed by atoms with Crippen molar-refractivity contribution in [3.8, 4) is 5.75 Å². The Morgan fingerprint density at radius 3 is 2.38 bits per heavy atom. The van der Waals surface area contributed by atoms with Crippen molar-refractivity contribution in [2.24, 2.45) is 5.92 Å². The summed E-state index contributed by atoms with van der Waals surface area (Å²) in [4.78, 5) is 12.4. The number of anilines is 1. The van der Waals surface area contributed by atoms with Gasteiger partial charge in [-0.2, -0.15) is 0 Å². The second-order valence-corrected chi connectivity index (χ2v) is 6.26. The number of methoxy groups -OCH3 is 1. The third kappa shape index (κ3) is 4.75. The smallest absolute Gasteiger partial charge is 0.220 e. The van der Waals surface area contributed by atoms with Crippen LogP contribution >= 0.6 is 0 Å². The molecule has 4 nitrogen and oxygen atoms in total. The van der Waals surface area contributed by atoms with E-state index in [0.717, 1.165) is 22.6 Å². The van der Waals surface area contributed by atoms with Crippen LogP contribution in [0.3, 0.4) is 0 Å². The lowest BCUT2D eigenvalue weighted by Crippen LogP contribution is -2.31. The van der Waals surface area contributed by atoms with Crippen LogP contribution in [-0.2, 0) is 11.2 Å². The van der Waals surface area contributed by atoms with Crippen molar-refractivity contribution in [1.82, 2.24) is 5.32 Å². The van der Waals surface area contributed by atoms with Crippen LogP contribution in [0.4, 0.5) is 5.69 Å². The molecule has 0 radical (unpaired) electrons. The lowest BCUT2D eigenvalue weighted by Gasteiger charge is -2.23. The minimum absolute atomic E-state index is 0.0171. The number of carbonyl (C=O) groups is 1. The topological polar surface area (TPSA) is 64.3 Å². The molecule has 1 amide bonds. The van der Waals surface area contributed by atoms with E-state index in [4.69, 9.17) is 10.5 Å². The van der Waals surface area contributed by atoms with E-state index in [1.165, 1.54) is 0 Å². The summed E-state index contributed by atoms with van der Waals surface area (Å²) >= 11 is 0. The normalized spacial score (nSPS) is 12.0.